The predicted octanol–water partition coefficient (Wildman–Crippen LogP) is 12.4. The number of rotatable bonds is 15. The zero-order chi connectivity index (χ0) is 57.8. The fraction of sp³-hybridized carbons (Fsp3) is 0.548. The molecule has 16 nitrogen and oxygen atoms in total. The van der Waals surface area contributed by atoms with Gasteiger partial charge in [0.2, 0.25) is 0 Å². The summed E-state index contributed by atoms with van der Waals surface area (Å²) < 4.78 is 76.8. The summed E-state index contributed by atoms with van der Waals surface area (Å²) in [5.74, 6) is 1.20. The zero-order valence-electron chi connectivity index (χ0n) is 47.5. The summed E-state index contributed by atoms with van der Waals surface area (Å²) >= 11 is 0. The largest absolute Gasteiger partial charge is 0.462 e. The molecule has 0 radical (unpaired) electrons. The van der Waals surface area contributed by atoms with E-state index in [9.17, 15) is 32.5 Å². The van der Waals surface area contributed by atoms with Crippen LogP contribution < -0.4 is 10.6 Å². The Morgan fingerprint density at radius 3 is 1.67 bits per heavy atom. The van der Waals surface area contributed by atoms with Crippen LogP contribution in [0.2, 0.25) is 0 Å². The third-order valence-corrected chi connectivity index (χ3v) is 19.1. The summed E-state index contributed by atoms with van der Waals surface area (Å²) in [6, 6.07) is 20.4. The van der Waals surface area contributed by atoms with Gasteiger partial charge in [-0.2, -0.15) is 0 Å². The van der Waals surface area contributed by atoms with Gasteiger partial charge in [0, 0.05) is 54.5 Å². The van der Waals surface area contributed by atoms with Crippen LogP contribution in [0.3, 0.4) is 0 Å². The van der Waals surface area contributed by atoms with E-state index in [1.807, 2.05) is 50.3 Å². The van der Waals surface area contributed by atoms with E-state index in [1.165, 1.54) is 24.3 Å². The molecule has 0 spiro atoms. The number of cyclic esters (lactones) is 2. The number of esters is 2. The zero-order valence-corrected chi connectivity index (χ0v) is 48.4. The highest BCUT2D eigenvalue weighted by Gasteiger charge is 2.57. The molecule has 0 bridgehead atoms. The molecule has 2 aliphatic heterocycles. The Kier molecular flexibility index (Phi) is 21.3. The van der Waals surface area contributed by atoms with Crippen LogP contribution in [-0.2, 0) is 53.0 Å². The second-order valence-electron chi connectivity index (χ2n) is 22.0. The number of alkyl carbamates (subject to hydrolysis) is 2. The highest BCUT2D eigenvalue weighted by atomic mass is 31.2. The van der Waals surface area contributed by atoms with E-state index in [0.717, 1.165) is 79.3 Å². The number of carbonyl (C=O) groups excluding carboxylic acids is 4. The normalized spacial score (nSPS) is 29.1. The number of nitrogens with zero attached hydrogens (tertiary/aromatic N) is 2. The summed E-state index contributed by atoms with van der Waals surface area (Å²) in [5.41, 5.74) is 4.64. The topological polar surface area (TPSA) is 200 Å². The summed E-state index contributed by atoms with van der Waals surface area (Å²) in [4.78, 5) is 57.3. The maximum absolute atomic E-state index is 13.6. The van der Waals surface area contributed by atoms with Gasteiger partial charge in [-0.15, -0.1) is 0 Å². The van der Waals surface area contributed by atoms with Gasteiger partial charge in [-0.25, -0.2) is 18.4 Å². The van der Waals surface area contributed by atoms with E-state index in [1.54, 1.807) is 65.4 Å². The monoisotopic (exact) mass is 1140 g/mol. The number of methoxy groups -OCH3 is 1. The van der Waals surface area contributed by atoms with Gasteiger partial charge in [0.05, 0.1) is 61.9 Å². The lowest BCUT2D eigenvalue weighted by Gasteiger charge is -2.47. The second-order valence-corrected chi connectivity index (χ2v) is 24.0. The Morgan fingerprint density at radius 1 is 0.654 bits per heavy atom. The van der Waals surface area contributed by atoms with Crippen LogP contribution in [0, 0.1) is 64.9 Å². The SMILES string of the molecule is CCOC(=O)N[C@@H]1CC[C@@H]2[C@@H](C1)C[C@H]1C(=O)O[C@H](C)[C@H]1[C@H]2/C=C/c1ccc(-c2cccc(F)c2)cn1.CCOC(=O)N[C@@H]1CC[C@@H]2[C@@H](C1)C[C@H]1C(=O)O[C@H](C)[C@H]1[C@H]2OC.CCOP(=O)(Cc1ccc(-c2cccc(F)c2)cn1)OCC. The molecule has 4 aromatic rings. The lowest BCUT2D eigenvalue weighted by atomic mass is 9.57. The number of allylic oxidation sites excluding steroid dienone is 1. The number of fused-ring (bicyclic) bond motifs is 4. The summed E-state index contributed by atoms with van der Waals surface area (Å²) in [5, 5.41) is 5.95. The number of hydrogen-bond donors (Lipinski definition) is 2. The van der Waals surface area contributed by atoms with E-state index < -0.39 is 7.60 Å². The Labute approximate surface area is 474 Å². The molecule has 81 heavy (non-hydrogen) atoms. The Bertz CT molecular complexity index is 2830. The van der Waals surface area contributed by atoms with Crippen molar-refractivity contribution in [2.24, 2.45) is 53.3 Å². The highest BCUT2D eigenvalue weighted by molar-refractivity contribution is 7.53. The van der Waals surface area contributed by atoms with E-state index in [0.29, 0.717) is 55.8 Å². The molecular weight excluding hydrogens is 1060 g/mol. The second kappa shape index (κ2) is 28.3. The molecule has 6 fully saturated rings. The van der Waals surface area contributed by atoms with Gasteiger partial charge in [-0.3, -0.25) is 24.1 Å². The molecule has 6 aliphatic rings. The number of amides is 2. The third kappa shape index (κ3) is 15.3. The van der Waals surface area contributed by atoms with Crippen LogP contribution >= 0.6 is 7.60 Å². The molecular formula is C62H79F2N4O12P. The smallest absolute Gasteiger partial charge is 0.407 e. The predicted molar refractivity (Wildman–Crippen MR) is 301 cm³/mol. The first-order valence-corrected chi connectivity index (χ1v) is 30.6. The molecule has 2 amide bonds. The maximum atomic E-state index is 13.6. The first kappa shape index (κ1) is 61.0. The molecule has 0 unspecified atom stereocenters. The van der Waals surface area contributed by atoms with Crippen molar-refractivity contribution in [2.75, 3.05) is 33.5 Å². The number of benzene rings is 2. The minimum Gasteiger partial charge on any atom is -0.462 e. The fourth-order valence-electron chi connectivity index (χ4n) is 13.7. The van der Waals surface area contributed by atoms with Crippen molar-refractivity contribution in [1.82, 2.24) is 20.6 Å². The summed E-state index contributed by atoms with van der Waals surface area (Å²) in [6.45, 7) is 12.5. The molecule has 4 saturated carbocycles. The number of hydrogen-bond acceptors (Lipinski definition) is 14. The first-order valence-electron chi connectivity index (χ1n) is 28.8. The minimum atomic E-state index is -3.16. The molecule has 14 atom stereocenters. The van der Waals surface area contributed by atoms with Gasteiger partial charge in [-0.1, -0.05) is 42.5 Å². The molecule has 19 heteroatoms. The van der Waals surface area contributed by atoms with Gasteiger partial charge >= 0.3 is 31.7 Å². The van der Waals surface area contributed by atoms with Crippen LogP contribution in [0.5, 0.6) is 0 Å². The van der Waals surface area contributed by atoms with Crippen LogP contribution in [-0.4, -0.2) is 98.0 Å². The molecule has 2 saturated heterocycles. The van der Waals surface area contributed by atoms with Crippen molar-refractivity contribution < 1.29 is 65.3 Å². The van der Waals surface area contributed by atoms with Crippen molar-refractivity contribution in [3.05, 3.63) is 114 Å². The van der Waals surface area contributed by atoms with Gasteiger partial charge in [0.15, 0.2) is 0 Å². The molecule has 438 valence electrons. The lowest BCUT2D eigenvalue weighted by molar-refractivity contribution is -0.145. The number of carbonyl (C=O) groups is 4. The number of aromatic nitrogens is 2. The highest BCUT2D eigenvalue weighted by Crippen LogP contribution is 2.55. The Hall–Kier alpha value is -6.07. The van der Waals surface area contributed by atoms with Crippen LogP contribution in [0.15, 0.2) is 91.3 Å². The maximum Gasteiger partial charge on any atom is 0.407 e. The van der Waals surface area contributed by atoms with Crippen molar-refractivity contribution in [3.8, 4) is 22.3 Å². The minimum absolute atomic E-state index is 0.0578. The van der Waals surface area contributed by atoms with Gasteiger partial charge in [-0.05, 0) is 176 Å². The average Bonchev–Trinajstić information content (AvgIpc) is 4.16. The van der Waals surface area contributed by atoms with Crippen molar-refractivity contribution in [1.29, 1.82) is 0 Å². The third-order valence-electron chi connectivity index (χ3n) is 17.0. The van der Waals surface area contributed by atoms with Crippen LogP contribution in [0.4, 0.5) is 18.4 Å². The number of ether oxygens (including phenoxy) is 5. The molecule has 2 N–H and O–H groups in total. The molecule has 2 aromatic carbocycles. The number of nitrogens with one attached hydrogen (secondary N) is 2. The van der Waals surface area contributed by atoms with Gasteiger partial charge in [0.25, 0.3) is 0 Å². The van der Waals surface area contributed by atoms with Crippen molar-refractivity contribution in [3.63, 3.8) is 0 Å². The van der Waals surface area contributed by atoms with Crippen LogP contribution in [0.25, 0.3) is 28.3 Å². The number of halogens is 2. The summed E-state index contributed by atoms with van der Waals surface area (Å²) in [7, 11) is -1.42. The Morgan fingerprint density at radius 2 is 1.17 bits per heavy atom. The van der Waals surface area contributed by atoms with Crippen LogP contribution in [0.1, 0.15) is 104 Å². The quantitative estimate of drug-likeness (QED) is 0.0647. The standard InChI is InChI=1S/C29H33FN2O4.C17H27NO5.C16H19FNO3P/c1-3-35-29(34)32-23-10-11-24-20(14-23)15-26-27(17(2)36-28(26)33)25(24)12-9-22-8-7-19(16-31-22)18-5-4-6-21(30)13-18;1-4-22-17(20)18-11-5-6-12-10(7-11)8-13-14(15(12)21-3)9(2)23-16(13)19;1-3-20-22(19,21-4-2)12-16-9-8-14(11-18-16)13-6-5-7-15(17)10-13/h4-9,12-13,16-17,20,23-27H,3,10-11,14-15H2,1-2H3,(H,32,34);9-15H,4-8H2,1-3H3,(H,18,20);5-11H,3-4,12H2,1-2H3/b12-9+;;/t17-,20+,23-,24-,25+,26-,27+;9-,10+,11-,12-,13-,14-,15+;/m11./s1. The average molecular weight is 1140 g/mol. The van der Waals surface area contributed by atoms with Crippen molar-refractivity contribution in [2.45, 2.75) is 129 Å². The fourth-order valence-corrected chi connectivity index (χ4v) is 15.3. The van der Waals surface area contributed by atoms with E-state index in [4.69, 9.17) is 32.7 Å². The first-order chi connectivity index (χ1) is 39.0. The van der Waals surface area contributed by atoms with E-state index in [2.05, 4.69) is 26.7 Å². The van der Waals surface area contributed by atoms with Crippen molar-refractivity contribution >= 4 is 37.8 Å². The Balaban J connectivity index is 0.000000167. The molecule has 2 aromatic heterocycles. The molecule has 4 aliphatic carbocycles. The number of pyridine rings is 2. The lowest BCUT2D eigenvalue weighted by Crippen LogP contribution is -2.51. The van der Waals surface area contributed by atoms with E-state index in [-0.39, 0.29) is 102 Å². The summed E-state index contributed by atoms with van der Waals surface area (Å²) in [6.07, 6.45) is 14.2. The van der Waals surface area contributed by atoms with E-state index >= 15 is 0 Å². The molecule has 4 heterocycles. The van der Waals surface area contributed by atoms with Gasteiger partial charge < -0.3 is 43.4 Å². The molecule has 10 rings (SSSR count). The van der Waals surface area contributed by atoms with Gasteiger partial charge in [0.1, 0.15) is 23.8 Å².